The molecule has 0 saturated carbocycles. The second-order valence-corrected chi connectivity index (χ2v) is 4.20. The highest BCUT2D eigenvalue weighted by Crippen LogP contribution is 2.22. The lowest BCUT2D eigenvalue weighted by Gasteiger charge is -2.05. The van der Waals surface area contributed by atoms with Crippen LogP contribution in [0.4, 0.5) is 11.4 Å². The predicted octanol–water partition coefficient (Wildman–Crippen LogP) is 2.68. The summed E-state index contributed by atoms with van der Waals surface area (Å²) in [5, 5.41) is 22.7. The van der Waals surface area contributed by atoms with Gasteiger partial charge in [-0.3, -0.25) is 10.1 Å². The van der Waals surface area contributed by atoms with E-state index in [0.717, 1.165) is 11.5 Å². The molecule has 7 nitrogen and oxygen atoms in total. The SMILES string of the molecule is Cc1nc(CNc2ccc([N+](=O)[O-])cc2C#N)oc1C. The van der Waals surface area contributed by atoms with Crippen molar-refractivity contribution in [3.63, 3.8) is 0 Å². The van der Waals surface area contributed by atoms with Crippen LogP contribution in [0.15, 0.2) is 22.6 Å². The van der Waals surface area contributed by atoms with Gasteiger partial charge in [-0.05, 0) is 19.9 Å². The average Bonchev–Trinajstić information content (AvgIpc) is 2.75. The Bertz CT molecular complexity index is 681. The first-order chi connectivity index (χ1) is 9.51. The van der Waals surface area contributed by atoms with E-state index < -0.39 is 4.92 Å². The second-order valence-electron chi connectivity index (χ2n) is 4.20. The van der Waals surface area contributed by atoms with Crippen LogP contribution >= 0.6 is 0 Å². The van der Waals surface area contributed by atoms with Gasteiger partial charge in [0.2, 0.25) is 5.89 Å². The summed E-state index contributed by atoms with van der Waals surface area (Å²) >= 11 is 0. The summed E-state index contributed by atoms with van der Waals surface area (Å²) in [7, 11) is 0. The first-order valence-corrected chi connectivity index (χ1v) is 5.86. The summed E-state index contributed by atoms with van der Waals surface area (Å²) in [6.07, 6.45) is 0. The number of nitriles is 1. The molecule has 0 bridgehead atoms. The van der Waals surface area contributed by atoms with Crippen LogP contribution in [0.1, 0.15) is 22.9 Å². The third-order valence-corrected chi connectivity index (χ3v) is 2.84. The molecular formula is C13H12N4O3. The molecular weight excluding hydrogens is 260 g/mol. The van der Waals surface area contributed by atoms with Gasteiger partial charge in [0.25, 0.3) is 5.69 Å². The first-order valence-electron chi connectivity index (χ1n) is 5.86. The molecule has 0 radical (unpaired) electrons. The maximum atomic E-state index is 10.7. The molecule has 1 aromatic carbocycles. The van der Waals surface area contributed by atoms with Crippen molar-refractivity contribution in [2.45, 2.75) is 20.4 Å². The average molecular weight is 272 g/mol. The Morgan fingerprint density at radius 3 is 2.80 bits per heavy atom. The van der Waals surface area contributed by atoms with Crippen LogP contribution in [-0.2, 0) is 6.54 Å². The van der Waals surface area contributed by atoms with Gasteiger partial charge >= 0.3 is 0 Å². The van der Waals surface area contributed by atoms with E-state index in [4.69, 9.17) is 9.68 Å². The molecule has 0 aliphatic rings. The molecule has 2 rings (SSSR count). The number of hydrogen-bond donors (Lipinski definition) is 1. The number of nitro benzene ring substituents is 1. The molecule has 0 aliphatic carbocycles. The van der Waals surface area contributed by atoms with E-state index in [2.05, 4.69) is 10.3 Å². The van der Waals surface area contributed by atoms with Gasteiger partial charge in [-0.25, -0.2) is 4.98 Å². The molecule has 1 heterocycles. The fourth-order valence-electron chi connectivity index (χ4n) is 1.68. The first kappa shape index (κ1) is 13.5. The molecule has 2 aromatic rings. The smallest absolute Gasteiger partial charge is 0.270 e. The van der Waals surface area contributed by atoms with Crippen LogP contribution in [0.5, 0.6) is 0 Å². The van der Waals surface area contributed by atoms with Crippen molar-refractivity contribution in [2.75, 3.05) is 5.32 Å². The lowest BCUT2D eigenvalue weighted by molar-refractivity contribution is -0.384. The molecule has 102 valence electrons. The predicted molar refractivity (Wildman–Crippen MR) is 71.1 cm³/mol. The van der Waals surface area contributed by atoms with Gasteiger partial charge < -0.3 is 9.73 Å². The monoisotopic (exact) mass is 272 g/mol. The molecule has 0 spiro atoms. The summed E-state index contributed by atoms with van der Waals surface area (Å²) in [6.45, 7) is 3.97. The number of nitrogens with zero attached hydrogens (tertiary/aromatic N) is 3. The second kappa shape index (κ2) is 5.40. The minimum absolute atomic E-state index is 0.116. The van der Waals surface area contributed by atoms with Gasteiger partial charge in [-0.1, -0.05) is 0 Å². The van der Waals surface area contributed by atoms with Crippen LogP contribution in [-0.4, -0.2) is 9.91 Å². The third kappa shape index (κ3) is 2.75. The Morgan fingerprint density at radius 1 is 1.50 bits per heavy atom. The maximum Gasteiger partial charge on any atom is 0.270 e. The number of hydrogen-bond acceptors (Lipinski definition) is 6. The number of non-ortho nitro benzene ring substituents is 1. The Labute approximate surface area is 115 Å². The van der Waals surface area contributed by atoms with Crippen molar-refractivity contribution in [3.8, 4) is 6.07 Å². The molecule has 1 N–H and O–H groups in total. The lowest BCUT2D eigenvalue weighted by atomic mass is 10.1. The van der Waals surface area contributed by atoms with Crippen molar-refractivity contribution < 1.29 is 9.34 Å². The Morgan fingerprint density at radius 2 is 2.25 bits per heavy atom. The zero-order valence-electron chi connectivity index (χ0n) is 11.0. The number of aromatic nitrogens is 1. The highest BCUT2D eigenvalue weighted by molar-refractivity contribution is 5.61. The van der Waals surface area contributed by atoms with E-state index in [1.54, 1.807) is 0 Å². The van der Waals surface area contributed by atoms with Gasteiger partial charge in [0, 0.05) is 12.1 Å². The van der Waals surface area contributed by atoms with Gasteiger partial charge in [0.05, 0.1) is 28.4 Å². The van der Waals surface area contributed by atoms with Crippen LogP contribution in [0, 0.1) is 35.3 Å². The number of nitro groups is 1. The van der Waals surface area contributed by atoms with Crippen LogP contribution < -0.4 is 5.32 Å². The number of nitrogens with one attached hydrogen (secondary N) is 1. The van der Waals surface area contributed by atoms with Crippen molar-refractivity contribution in [1.82, 2.24) is 4.98 Å². The Hall–Kier alpha value is -2.88. The number of rotatable bonds is 4. The molecule has 7 heteroatoms. The van der Waals surface area contributed by atoms with Crippen LogP contribution in [0.25, 0.3) is 0 Å². The summed E-state index contributed by atoms with van der Waals surface area (Å²) in [4.78, 5) is 14.3. The van der Waals surface area contributed by atoms with Crippen LogP contribution in [0.2, 0.25) is 0 Å². The molecule has 20 heavy (non-hydrogen) atoms. The quantitative estimate of drug-likeness (QED) is 0.677. The van der Waals surface area contributed by atoms with Crippen molar-refractivity contribution >= 4 is 11.4 Å². The zero-order chi connectivity index (χ0) is 14.7. The Kier molecular flexibility index (Phi) is 3.66. The number of anilines is 1. The molecule has 0 atom stereocenters. The summed E-state index contributed by atoms with van der Waals surface area (Å²) in [5.74, 6) is 1.24. The van der Waals surface area contributed by atoms with E-state index in [1.165, 1.54) is 18.2 Å². The number of benzene rings is 1. The van der Waals surface area contributed by atoms with E-state index in [-0.39, 0.29) is 11.3 Å². The molecule has 0 unspecified atom stereocenters. The molecule has 0 amide bonds. The normalized spacial score (nSPS) is 10.1. The fraction of sp³-hybridized carbons (Fsp3) is 0.231. The van der Waals surface area contributed by atoms with Gasteiger partial charge in [0.1, 0.15) is 11.8 Å². The van der Waals surface area contributed by atoms with Crippen molar-refractivity contribution in [2.24, 2.45) is 0 Å². The minimum Gasteiger partial charge on any atom is -0.444 e. The van der Waals surface area contributed by atoms with E-state index in [0.29, 0.717) is 18.1 Å². The largest absolute Gasteiger partial charge is 0.444 e. The highest BCUT2D eigenvalue weighted by atomic mass is 16.6. The summed E-state index contributed by atoms with van der Waals surface area (Å²) in [5.41, 5.74) is 1.41. The topological polar surface area (TPSA) is 105 Å². The Balaban J connectivity index is 2.17. The molecule has 0 saturated heterocycles. The van der Waals surface area contributed by atoms with Gasteiger partial charge in [0.15, 0.2) is 0 Å². The highest BCUT2D eigenvalue weighted by Gasteiger charge is 2.11. The fourth-order valence-corrected chi connectivity index (χ4v) is 1.68. The van der Waals surface area contributed by atoms with Gasteiger partial charge in [-0.2, -0.15) is 5.26 Å². The lowest BCUT2D eigenvalue weighted by Crippen LogP contribution is -2.02. The third-order valence-electron chi connectivity index (χ3n) is 2.84. The van der Waals surface area contributed by atoms with E-state index in [9.17, 15) is 10.1 Å². The van der Waals surface area contributed by atoms with Crippen molar-refractivity contribution in [1.29, 1.82) is 5.26 Å². The summed E-state index contributed by atoms with van der Waals surface area (Å²) in [6, 6.07) is 6.00. The maximum absolute atomic E-state index is 10.7. The number of aryl methyl sites for hydroxylation is 2. The minimum atomic E-state index is -0.536. The van der Waals surface area contributed by atoms with Crippen molar-refractivity contribution in [3.05, 3.63) is 51.2 Å². The zero-order valence-corrected chi connectivity index (χ0v) is 11.0. The van der Waals surface area contributed by atoms with E-state index >= 15 is 0 Å². The molecule has 0 fully saturated rings. The summed E-state index contributed by atoms with van der Waals surface area (Å²) < 4.78 is 5.41. The molecule has 0 aliphatic heterocycles. The standard InChI is InChI=1S/C13H12N4O3/c1-8-9(2)20-13(16-8)7-15-12-4-3-11(17(18)19)5-10(12)6-14/h3-5,15H,7H2,1-2H3. The molecule has 1 aromatic heterocycles. The number of oxazole rings is 1. The van der Waals surface area contributed by atoms with E-state index in [1.807, 2.05) is 19.9 Å². The van der Waals surface area contributed by atoms with Gasteiger partial charge in [-0.15, -0.1) is 0 Å². The van der Waals surface area contributed by atoms with Crippen LogP contribution in [0.3, 0.4) is 0 Å².